The van der Waals surface area contributed by atoms with Crippen LogP contribution in [0.25, 0.3) is 0 Å². The zero-order valence-electron chi connectivity index (χ0n) is 16.7. The first-order valence-electron chi connectivity index (χ1n) is 9.72. The number of guanidine groups is 1. The molecule has 27 heavy (non-hydrogen) atoms. The van der Waals surface area contributed by atoms with Crippen molar-refractivity contribution in [1.29, 1.82) is 0 Å². The SMILES string of the molecule is CCNC(=NCC(C)COCc1ccccc1)NCCc1ccncc1C. The van der Waals surface area contributed by atoms with E-state index in [1.165, 1.54) is 16.7 Å². The molecule has 0 amide bonds. The average molecular weight is 369 g/mol. The maximum Gasteiger partial charge on any atom is 0.191 e. The van der Waals surface area contributed by atoms with Crippen LogP contribution in [0.15, 0.2) is 53.8 Å². The molecule has 146 valence electrons. The second-order valence-electron chi connectivity index (χ2n) is 6.80. The van der Waals surface area contributed by atoms with Gasteiger partial charge in [-0.1, -0.05) is 37.3 Å². The monoisotopic (exact) mass is 368 g/mol. The van der Waals surface area contributed by atoms with Crippen LogP contribution in [-0.4, -0.2) is 37.2 Å². The lowest BCUT2D eigenvalue weighted by molar-refractivity contribution is 0.0945. The van der Waals surface area contributed by atoms with E-state index in [0.29, 0.717) is 19.1 Å². The van der Waals surface area contributed by atoms with Gasteiger partial charge < -0.3 is 15.4 Å². The van der Waals surface area contributed by atoms with E-state index in [-0.39, 0.29) is 0 Å². The minimum atomic E-state index is 0.367. The fourth-order valence-electron chi connectivity index (χ4n) is 2.69. The zero-order valence-corrected chi connectivity index (χ0v) is 16.7. The first-order chi connectivity index (χ1) is 13.2. The van der Waals surface area contributed by atoms with Crippen molar-refractivity contribution in [2.24, 2.45) is 10.9 Å². The molecule has 1 atom stereocenters. The third-order valence-electron chi connectivity index (χ3n) is 4.24. The van der Waals surface area contributed by atoms with E-state index in [1.54, 1.807) is 0 Å². The molecule has 0 radical (unpaired) electrons. The molecule has 2 N–H and O–H groups in total. The van der Waals surface area contributed by atoms with Crippen molar-refractivity contribution in [2.45, 2.75) is 33.8 Å². The van der Waals surface area contributed by atoms with Gasteiger partial charge >= 0.3 is 0 Å². The van der Waals surface area contributed by atoms with Crippen LogP contribution in [0.5, 0.6) is 0 Å². The Morgan fingerprint density at radius 2 is 2.00 bits per heavy atom. The molecule has 0 aliphatic rings. The summed E-state index contributed by atoms with van der Waals surface area (Å²) in [6, 6.07) is 12.3. The lowest BCUT2D eigenvalue weighted by atomic mass is 10.1. The first kappa shape index (κ1) is 20.9. The van der Waals surface area contributed by atoms with Gasteiger partial charge in [-0.2, -0.15) is 0 Å². The van der Waals surface area contributed by atoms with Gasteiger partial charge in [-0.25, -0.2) is 0 Å². The molecule has 5 heteroatoms. The first-order valence-corrected chi connectivity index (χ1v) is 9.72. The number of nitrogens with one attached hydrogen (secondary N) is 2. The Kier molecular flexibility index (Phi) is 9.35. The minimum absolute atomic E-state index is 0.367. The summed E-state index contributed by atoms with van der Waals surface area (Å²) in [4.78, 5) is 8.84. The van der Waals surface area contributed by atoms with Crippen LogP contribution < -0.4 is 10.6 Å². The third kappa shape index (κ3) is 8.22. The van der Waals surface area contributed by atoms with Crippen molar-refractivity contribution in [3.8, 4) is 0 Å². The minimum Gasteiger partial charge on any atom is -0.376 e. The van der Waals surface area contributed by atoms with E-state index >= 15 is 0 Å². The predicted octanol–water partition coefficient (Wildman–Crippen LogP) is 3.34. The van der Waals surface area contributed by atoms with Gasteiger partial charge in [-0.05, 0) is 48.9 Å². The quantitative estimate of drug-likeness (QED) is 0.499. The van der Waals surface area contributed by atoms with Crippen molar-refractivity contribution in [3.05, 3.63) is 65.5 Å². The van der Waals surface area contributed by atoms with E-state index in [0.717, 1.165) is 32.0 Å². The molecule has 0 spiro atoms. The largest absolute Gasteiger partial charge is 0.376 e. The Hall–Kier alpha value is -2.40. The Bertz CT molecular complexity index is 688. The summed E-state index contributed by atoms with van der Waals surface area (Å²) in [6.45, 7) is 10.1. The van der Waals surface area contributed by atoms with Crippen LogP contribution in [0.3, 0.4) is 0 Å². The molecule has 1 heterocycles. The van der Waals surface area contributed by atoms with E-state index in [4.69, 9.17) is 9.73 Å². The van der Waals surface area contributed by atoms with Crippen molar-refractivity contribution in [2.75, 3.05) is 26.2 Å². The van der Waals surface area contributed by atoms with Gasteiger partial charge in [0.2, 0.25) is 0 Å². The standard InChI is InChI=1S/C22H32N4O/c1-4-24-22(25-13-11-21-10-12-23-15-19(21)3)26-14-18(2)16-27-17-20-8-6-5-7-9-20/h5-10,12,15,18H,4,11,13-14,16-17H2,1-3H3,(H2,24,25,26). The van der Waals surface area contributed by atoms with Crippen molar-refractivity contribution < 1.29 is 4.74 Å². The van der Waals surface area contributed by atoms with E-state index in [9.17, 15) is 0 Å². The molecule has 2 rings (SSSR count). The summed E-state index contributed by atoms with van der Waals surface area (Å²) < 4.78 is 5.81. The molecule has 1 unspecified atom stereocenters. The van der Waals surface area contributed by atoms with Gasteiger partial charge in [0.1, 0.15) is 0 Å². The summed E-state index contributed by atoms with van der Waals surface area (Å²) >= 11 is 0. The number of aromatic nitrogens is 1. The Balaban J connectivity index is 1.72. The van der Waals surface area contributed by atoms with Gasteiger partial charge in [0.05, 0.1) is 13.2 Å². The molecule has 0 bridgehead atoms. The lowest BCUT2D eigenvalue weighted by Crippen LogP contribution is -2.38. The van der Waals surface area contributed by atoms with E-state index in [1.807, 2.05) is 30.6 Å². The van der Waals surface area contributed by atoms with Crippen molar-refractivity contribution >= 4 is 5.96 Å². The molecule has 1 aromatic carbocycles. The number of ether oxygens (including phenoxy) is 1. The molecule has 0 saturated carbocycles. The second-order valence-corrected chi connectivity index (χ2v) is 6.80. The highest BCUT2D eigenvalue weighted by atomic mass is 16.5. The third-order valence-corrected chi connectivity index (χ3v) is 4.24. The average Bonchev–Trinajstić information content (AvgIpc) is 2.68. The number of hydrogen-bond donors (Lipinski definition) is 2. The molecule has 1 aromatic heterocycles. The molecule has 5 nitrogen and oxygen atoms in total. The lowest BCUT2D eigenvalue weighted by Gasteiger charge is -2.14. The maximum absolute atomic E-state index is 5.81. The summed E-state index contributed by atoms with van der Waals surface area (Å²) in [5.74, 6) is 1.23. The highest BCUT2D eigenvalue weighted by molar-refractivity contribution is 5.79. The smallest absolute Gasteiger partial charge is 0.191 e. The topological polar surface area (TPSA) is 58.5 Å². The number of nitrogens with zero attached hydrogens (tertiary/aromatic N) is 2. The van der Waals surface area contributed by atoms with Gasteiger partial charge in [-0.3, -0.25) is 9.98 Å². The molecule has 0 fully saturated rings. The van der Waals surface area contributed by atoms with Crippen LogP contribution in [0.1, 0.15) is 30.5 Å². The number of rotatable bonds is 10. The van der Waals surface area contributed by atoms with Crippen LogP contribution >= 0.6 is 0 Å². The second kappa shape index (κ2) is 12.1. The Morgan fingerprint density at radius 3 is 2.74 bits per heavy atom. The van der Waals surface area contributed by atoms with Crippen LogP contribution in [-0.2, 0) is 17.8 Å². The number of aryl methyl sites for hydroxylation is 1. The molecule has 0 aliphatic heterocycles. The number of hydrogen-bond acceptors (Lipinski definition) is 3. The van der Waals surface area contributed by atoms with Gasteiger partial charge in [-0.15, -0.1) is 0 Å². The van der Waals surface area contributed by atoms with Crippen LogP contribution in [0.4, 0.5) is 0 Å². The number of pyridine rings is 1. The Labute approximate surface area is 163 Å². The van der Waals surface area contributed by atoms with E-state index in [2.05, 4.69) is 54.6 Å². The van der Waals surface area contributed by atoms with Gasteiger partial charge in [0.15, 0.2) is 5.96 Å². The maximum atomic E-state index is 5.81. The Morgan fingerprint density at radius 1 is 1.19 bits per heavy atom. The summed E-state index contributed by atoms with van der Waals surface area (Å²) in [5.41, 5.74) is 3.75. The number of aliphatic imine (C=N–C) groups is 1. The van der Waals surface area contributed by atoms with Crippen molar-refractivity contribution in [1.82, 2.24) is 15.6 Å². The van der Waals surface area contributed by atoms with Gasteiger partial charge in [0.25, 0.3) is 0 Å². The molecular weight excluding hydrogens is 336 g/mol. The predicted molar refractivity (Wildman–Crippen MR) is 112 cm³/mol. The molecule has 2 aromatic rings. The normalized spacial score (nSPS) is 12.6. The highest BCUT2D eigenvalue weighted by Crippen LogP contribution is 2.05. The summed E-state index contributed by atoms with van der Waals surface area (Å²) in [5, 5.41) is 6.72. The fourth-order valence-corrected chi connectivity index (χ4v) is 2.69. The van der Waals surface area contributed by atoms with Gasteiger partial charge in [0, 0.05) is 32.0 Å². The van der Waals surface area contributed by atoms with Crippen LogP contribution in [0.2, 0.25) is 0 Å². The van der Waals surface area contributed by atoms with Crippen LogP contribution in [0, 0.1) is 12.8 Å². The number of benzene rings is 1. The fraction of sp³-hybridized carbons (Fsp3) is 0.455. The highest BCUT2D eigenvalue weighted by Gasteiger charge is 2.04. The molecule has 0 aliphatic carbocycles. The van der Waals surface area contributed by atoms with Crippen molar-refractivity contribution in [3.63, 3.8) is 0 Å². The van der Waals surface area contributed by atoms with E-state index < -0.39 is 0 Å². The zero-order chi connectivity index (χ0) is 19.3. The molecule has 0 saturated heterocycles. The summed E-state index contributed by atoms with van der Waals surface area (Å²) in [7, 11) is 0. The molecular formula is C22H32N4O. The summed E-state index contributed by atoms with van der Waals surface area (Å²) in [6.07, 6.45) is 4.71.